The summed E-state index contributed by atoms with van der Waals surface area (Å²) in [5.74, 6) is -1.97. The van der Waals surface area contributed by atoms with Gasteiger partial charge in [-0.2, -0.15) is 0 Å². The highest BCUT2D eigenvalue weighted by atomic mass is 19.1. The number of benzene rings is 3. The molecule has 3 N–H and O–H groups in total. The number of carbonyl (C=O) groups is 1. The first-order valence-corrected chi connectivity index (χ1v) is 14.7. The van der Waals surface area contributed by atoms with Gasteiger partial charge in [0.15, 0.2) is 17.3 Å². The normalized spacial score (nSPS) is 11.4. The first kappa shape index (κ1) is 32.6. The van der Waals surface area contributed by atoms with Crippen molar-refractivity contribution < 1.29 is 23.0 Å². The largest absolute Gasteiger partial charge is 0.493 e. The summed E-state index contributed by atoms with van der Waals surface area (Å²) in [5, 5.41) is 10.2. The second-order valence-corrected chi connectivity index (χ2v) is 10.7. The zero-order valence-corrected chi connectivity index (χ0v) is 26.0. The van der Waals surface area contributed by atoms with Crippen molar-refractivity contribution in [2.45, 2.75) is 13.5 Å². The fourth-order valence-electron chi connectivity index (χ4n) is 5.04. The van der Waals surface area contributed by atoms with E-state index in [1.54, 1.807) is 13.1 Å². The number of aromatic amines is 1. The molecular formula is C36H33F2N5O4. The van der Waals surface area contributed by atoms with Crippen LogP contribution in [0.25, 0.3) is 22.6 Å². The first-order valence-electron chi connectivity index (χ1n) is 14.7. The number of amides is 1. The maximum absolute atomic E-state index is 15.4. The lowest BCUT2D eigenvalue weighted by molar-refractivity contribution is 0.102. The predicted molar refractivity (Wildman–Crippen MR) is 179 cm³/mol. The average Bonchev–Trinajstić information content (AvgIpc) is 3.53. The van der Waals surface area contributed by atoms with Crippen molar-refractivity contribution in [2.24, 2.45) is 0 Å². The van der Waals surface area contributed by atoms with Crippen LogP contribution in [0.5, 0.6) is 11.5 Å². The lowest BCUT2D eigenvalue weighted by Gasteiger charge is -2.15. The van der Waals surface area contributed by atoms with Crippen LogP contribution in [0.2, 0.25) is 0 Å². The van der Waals surface area contributed by atoms with Gasteiger partial charge in [-0.3, -0.25) is 14.2 Å². The van der Waals surface area contributed by atoms with Gasteiger partial charge in [0.25, 0.3) is 11.5 Å². The molecule has 240 valence electrons. The van der Waals surface area contributed by atoms with Crippen molar-refractivity contribution in [3.05, 3.63) is 136 Å². The van der Waals surface area contributed by atoms with Crippen LogP contribution < -0.4 is 20.3 Å². The maximum Gasteiger partial charge on any atom is 0.271 e. The number of nitrogens with one attached hydrogen (secondary N) is 3. The monoisotopic (exact) mass is 637 g/mol. The topological polar surface area (TPSA) is 112 Å². The number of carbonyl (C=O) groups excluding carboxylic acids is 1. The Kier molecular flexibility index (Phi) is 10.1. The molecule has 0 unspecified atom stereocenters. The second kappa shape index (κ2) is 14.5. The van der Waals surface area contributed by atoms with Crippen LogP contribution in [0.1, 0.15) is 28.5 Å². The van der Waals surface area contributed by atoms with E-state index in [1.807, 2.05) is 38.4 Å². The number of rotatable bonds is 12. The Hall–Kier alpha value is -5.81. The Morgan fingerprint density at radius 3 is 2.51 bits per heavy atom. The summed E-state index contributed by atoms with van der Waals surface area (Å²) in [5.41, 5.74) is 2.81. The van der Waals surface area contributed by atoms with Gasteiger partial charge in [0.05, 0.1) is 12.3 Å². The minimum Gasteiger partial charge on any atom is -0.493 e. The van der Waals surface area contributed by atoms with E-state index in [0.29, 0.717) is 11.4 Å². The Morgan fingerprint density at radius 1 is 1.02 bits per heavy atom. The van der Waals surface area contributed by atoms with E-state index in [-0.39, 0.29) is 35.1 Å². The standard InChI is InChI=1S/C36H33F2N5O4/c1-4-46-31-16-19-43(27-11-8-25(37)9-12-27)36(45)33(31)35(44)41-26-10-13-30(29(38)21-26)47-32(14-17-39)34-28(15-18-40-34)24-7-5-6-23(20-24)22-42(2)3/h5-21,39-40H,4,22H2,1-3H3,(H,41,44)/b32-14+,39-17?. The van der Waals surface area contributed by atoms with Crippen molar-refractivity contribution >= 4 is 23.6 Å². The third kappa shape index (κ3) is 7.54. The van der Waals surface area contributed by atoms with Gasteiger partial charge in [-0.25, -0.2) is 8.78 Å². The molecular weight excluding hydrogens is 604 g/mol. The van der Waals surface area contributed by atoms with E-state index in [2.05, 4.69) is 21.3 Å². The molecule has 0 radical (unpaired) electrons. The molecule has 0 bridgehead atoms. The van der Waals surface area contributed by atoms with Gasteiger partial charge in [0.2, 0.25) is 0 Å². The number of hydrogen-bond donors (Lipinski definition) is 3. The summed E-state index contributed by atoms with van der Waals surface area (Å²) >= 11 is 0. The zero-order valence-electron chi connectivity index (χ0n) is 26.0. The lowest BCUT2D eigenvalue weighted by atomic mass is 10.0. The molecule has 11 heteroatoms. The molecule has 0 saturated carbocycles. The van der Waals surface area contributed by atoms with Crippen LogP contribution in [0.4, 0.5) is 14.5 Å². The van der Waals surface area contributed by atoms with E-state index in [4.69, 9.17) is 14.9 Å². The molecule has 0 aliphatic rings. The highest BCUT2D eigenvalue weighted by Crippen LogP contribution is 2.32. The lowest BCUT2D eigenvalue weighted by Crippen LogP contribution is -2.29. The number of aromatic nitrogens is 2. The van der Waals surface area contributed by atoms with Crippen LogP contribution >= 0.6 is 0 Å². The van der Waals surface area contributed by atoms with E-state index in [9.17, 15) is 14.0 Å². The summed E-state index contributed by atoms with van der Waals surface area (Å²) in [4.78, 5) is 32.0. The summed E-state index contributed by atoms with van der Waals surface area (Å²) in [6.45, 7) is 2.65. The summed E-state index contributed by atoms with van der Waals surface area (Å²) in [6.07, 6.45) is 5.62. The SMILES string of the molecule is CCOc1ccn(-c2ccc(F)cc2)c(=O)c1C(=O)Nc1ccc(O/C(=C/C=N)c2[nH]ccc2-c2cccc(CN(C)C)c2)c(F)c1. The van der Waals surface area contributed by atoms with Crippen LogP contribution in [0.3, 0.4) is 0 Å². The first-order chi connectivity index (χ1) is 22.7. The fraction of sp³-hybridized carbons (Fsp3) is 0.139. The average molecular weight is 638 g/mol. The van der Waals surface area contributed by atoms with Crippen LogP contribution in [-0.4, -0.2) is 47.3 Å². The Morgan fingerprint density at radius 2 is 1.81 bits per heavy atom. The maximum atomic E-state index is 15.4. The Labute approximate surface area is 270 Å². The number of anilines is 1. The highest BCUT2D eigenvalue weighted by molar-refractivity contribution is 6.06. The van der Waals surface area contributed by atoms with Crippen molar-refractivity contribution in [2.75, 3.05) is 26.0 Å². The molecule has 2 aromatic heterocycles. The third-order valence-electron chi connectivity index (χ3n) is 7.06. The van der Waals surface area contributed by atoms with Crippen LogP contribution in [0.15, 0.2) is 102 Å². The summed E-state index contributed by atoms with van der Waals surface area (Å²) < 4.78 is 41.6. The van der Waals surface area contributed by atoms with Gasteiger partial charge in [0, 0.05) is 54.2 Å². The van der Waals surface area contributed by atoms with Gasteiger partial charge in [0.1, 0.15) is 17.1 Å². The van der Waals surface area contributed by atoms with E-state index in [1.165, 1.54) is 59.3 Å². The van der Waals surface area contributed by atoms with Crippen molar-refractivity contribution in [3.63, 3.8) is 0 Å². The number of nitrogens with zero attached hydrogens (tertiary/aromatic N) is 2. The molecule has 0 saturated heterocycles. The van der Waals surface area contributed by atoms with Crippen molar-refractivity contribution in [3.8, 4) is 28.3 Å². The van der Waals surface area contributed by atoms with Crippen molar-refractivity contribution in [1.82, 2.24) is 14.5 Å². The molecule has 0 aliphatic carbocycles. The van der Waals surface area contributed by atoms with Crippen LogP contribution in [-0.2, 0) is 6.54 Å². The summed E-state index contributed by atoms with van der Waals surface area (Å²) in [7, 11) is 3.98. The number of halogens is 2. The second-order valence-electron chi connectivity index (χ2n) is 10.7. The van der Waals surface area contributed by atoms with Gasteiger partial charge in [-0.15, -0.1) is 0 Å². The molecule has 0 fully saturated rings. The summed E-state index contributed by atoms with van der Waals surface area (Å²) in [6, 6.07) is 20.4. The van der Waals surface area contributed by atoms with Gasteiger partial charge in [-0.05, 0) is 86.7 Å². The number of pyridine rings is 1. The van der Waals surface area contributed by atoms with Gasteiger partial charge < -0.3 is 30.1 Å². The Balaban J connectivity index is 1.40. The highest BCUT2D eigenvalue weighted by Gasteiger charge is 2.21. The van der Waals surface area contributed by atoms with E-state index >= 15 is 4.39 Å². The molecule has 0 spiro atoms. The molecule has 9 nitrogen and oxygen atoms in total. The number of allylic oxidation sites excluding steroid dienone is 1. The van der Waals surface area contributed by atoms with Crippen LogP contribution in [0, 0.1) is 17.0 Å². The third-order valence-corrected chi connectivity index (χ3v) is 7.06. The number of ether oxygens (including phenoxy) is 2. The van der Waals surface area contributed by atoms with Crippen molar-refractivity contribution in [1.29, 1.82) is 5.41 Å². The molecule has 47 heavy (non-hydrogen) atoms. The minimum absolute atomic E-state index is 0.0456. The molecule has 5 rings (SSSR count). The van der Waals surface area contributed by atoms with Gasteiger partial charge in [-0.1, -0.05) is 18.2 Å². The van der Waals surface area contributed by atoms with E-state index in [0.717, 1.165) is 35.5 Å². The molecule has 5 aromatic rings. The minimum atomic E-state index is -0.820. The quantitative estimate of drug-likeness (QED) is 0.102. The molecule has 0 aliphatic heterocycles. The molecule has 3 aromatic carbocycles. The number of H-pyrrole nitrogens is 1. The Bertz CT molecular complexity index is 2000. The fourth-order valence-corrected chi connectivity index (χ4v) is 5.04. The molecule has 1 amide bonds. The number of hydrogen-bond acceptors (Lipinski definition) is 6. The van der Waals surface area contributed by atoms with E-state index < -0.39 is 23.1 Å². The zero-order chi connectivity index (χ0) is 33.5. The smallest absolute Gasteiger partial charge is 0.271 e. The molecule has 2 heterocycles. The predicted octanol–water partition coefficient (Wildman–Crippen LogP) is 6.89. The molecule has 0 atom stereocenters. The van der Waals surface area contributed by atoms with Gasteiger partial charge >= 0.3 is 0 Å².